The molecule has 2 N–H and O–H groups in total. The second-order valence-corrected chi connectivity index (χ2v) is 9.08. The number of aliphatic hydroxyl groups is 1. The average molecular weight is 454 g/mol. The molecule has 184 valence electrons. The van der Waals surface area contributed by atoms with E-state index in [1.54, 1.807) is 13.8 Å². The van der Waals surface area contributed by atoms with Crippen molar-refractivity contribution in [1.82, 2.24) is 5.32 Å². The van der Waals surface area contributed by atoms with E-state index in [1.807, 2.05) is 5.32 Å². The smallest absolute Gasteiger partial charge is 0.394 e. The van der Waals surface area contributed by atoms with Crippen LogP contribution in [-0.2, 0) is 14.3 Å². The van der Waals surface area contributed by atoms with E-state index < -0.39 is 42.7 Å². The van der Waals surface area contributed by atoms with Crippen LogP contribution in [-0.4, -0.2) is 47.8 Å². The molecular formula is C23H42F3NO4. The van der Waals surface area contributed by atoms with Crippen molar-refractivity contribution in [2.45, 2.75) is 134 Å². The number of aliphatic hydroxyl groups excluding tert-OH is 1. The lowest BCUT2D eigenvalue weighted by atomic mass is 9.99. The van der Waals surface area contributed by atoms with Crippen molar-refractivity contribution in [1.29, 1.82) is 0 Å². The zero-order valence-electron chi connectivity index (χ0n) is 19.4. The number of nitrogens with one attached hydrogen (secondary N) is 1. The molecule has 0 aromatic rings. The highest BCUT2D eigenvalue weighted by atomic mass is 19.4. The van der Waals surface area contributed by atoms with Gasteiger partial charge >= 0.3 is 12.1 Å². The minimum absolute atomic E-state index is 0.469. The topological polar surface area (TPSA) is 67.8 Å². The third-order valence-corrected chi connectivity index (χ3v) is 5.73. The van der Waals surface area contributed by atoms with Gasteiger partial charge in [0.05, 0.1) is 18.8 Å². The molecule has 1 aliphatic rings. The Morgan fingerprint density at radius 2 is 1.42 bits per heavy atom. The molecule has 1 amide bonds. The Balaban J connectivity index is 2.29. The van der Waals surface area contributed by atoms with Crippen LogP contribution in [0, 0.1) is 0 Å². The highest BCUT2D eigenvalue weighted by Gasteiger charge is 2.47. The highest BCUT2D eigenvalue weighted by molar-refractivity contribution is 5.82. The number of unbranched alkanes of at least 4 members (excludes halogenated alkanes) is 11. The number of rotatable bonds is 16. The molecule has 5 nitrogen and oxygen atoms in total. The van der Waals surface area contributed by atoms with Gasteiger partial charge in [0.1, 0.15) is 6.10 Å². The van der Waals surface area contributed by atoms with E-state index in [1.165, 1.54) is 57.8 Å². The van der Waals surface area contributed by atoms with E-state index in [4.69, 9.17) is 9.47 Å². The van der Waals surface area contributed by atoms with Gasteiger partial charge in [-0.25, -0.2) is 0 Å². The number of ether oxygens (including phenoxy) is 2. The van der Waals surface area contributed by atoms with Gasteiger partial charge in [-0.05, 0) is 20.3 Å². The number of halogens is 3. The summed E-state index contributed by atoms with van der Waals surface area (Å²) < 4.78 is 49.3. The predicted molar refractivity (Wildman–Crippen MR) is 115 cm³/mol. The summed E-state index contributed by atoms with van der Waals surface area (Å²) in [6.07, 6.45) is 8.95. The second kappa shape index (κ2) is 14.3. The highest BCUT2D eigenvalue weighted by Crippen LogP contribution is 2.33. The Bertz CT molecular complexity index is 500. The van der Waals surface area contributed by atoms with E-state index in [9.17, 15) is 23.1 Å². The number of amides is 1. The van der Waals surface area contributed by atoms with Gasteiger partial charge in [-0.3, -0.25) is 4.79 Å². The minimum atomic E-state index is -5.01. The van der Waals surface area contributed by atoms with Gasteiger partial charge in [0.25, 0.3) is 0 Å². The first-order valence-corrected chi connectivity index (χ1v) is 11.9. The maximum absolute atomic E-state index is 12.6. The van der Waals surface area contributed by atoms with E-state index in [2.05, 4.69) is 6.92 Å². The first-order chi connectivity index (χ1) is 14.6. The molecule has 0 aromatic carbocycles. The molecule has 1 fully saturated rings. The van der Waals surface area contributed by atoms with Crippen LogP contribution in [0.25, 0.3) is 0 Å². The first-order valence-electron chi connectivity index (χ1n) is 11.9. The summed E-state index contributed by atoms with van der Waals surface area (Å²) in [5.41, 5.74) is 0. The van der Waals surface area contributed by atoms with E-state index in [0.717, 1.165) is 19.3 Å². The molecule has 1 saturated heterocycles. The fourth-order valence-electron chi connectivity index (χ4n) is 4.10. The van der Waals surface area contributed by atoms with E-state index in [-0.39, 0.29) is 0 Å². The number of carbonyl (C=O) groups is 1. The van der Waals surface area contributed by atoms with Gasteiger partial charge in [-0.2, -0.15) is 13.2 Å². The molecule has 0 aliphatic carbocycles. The third-order valence-electron chi connectivity index (χ3n) is 5.73. The van der Waals surface area contributed by atoms with Crippen molar-refractivity contribution in [3.8, 4) is 0 Å². The normalized spacial score (nSPS) is 21.9. The number of alkyl halides is 3. The molecule has 0 aromatic heterocycles. The van der Waals surface area contributed by atoms with Crippen LogP contribution in [0.5, 0.6) is 0 Å². The minimum Gasteiger partial charge on any atom is -0.394 e. The van der Waals surface area contributed by atoms with Crippen molar-refractivity contribution in [2.24, 2.45) is 0 Å². The van der Waals surface area contributed by atoms with Crippen molar-refractivity contribution < 1.29 is 32.5 Å². The lowest BCUT2D eigenvalue weighted by molar-refractivity contribution is -0.177. The molecule has 3 atom stereocenters. The quantitative estimate of drug-likeness (QED) is 0.297. The Kier molecular flexibility index (Phi) is 13.0. The summed E-state index contributed by atoms with van der Waals surface area (Å²) >= 11 is 0. The van der Waals surface area contributed by atoms with E-state index >= 15 is 0 Å². The Labute approximate surface area is 185 Å². The molecule has 31 heavy (non-hydrogen) atoms. The summed E-state index contributed by atoms with van der Waals surface area (Å²) in [5.74, 6) is -3.05. The molecule has 0 saturated carbocycles. The fourth-order valence-corrected chi connectivity index (χ4v) is 4.10. The van der Waals surface area contributed by atoms with Crippen LogP contribution in [0.15, 0.2) is 0 Å². The molecular weight excluding hydrogens is 411 g/mol. The Hall–Kier alpha value is -0.860. The molecule has 0 bridgehead atoms. The van der Waals surface area contributed by atoms with Crippen LogP contribution >= 0.6 is 0 Å². The summed E-state index contributed by atoms with van der Waals surface area (Å²) in [6, 6.07) is -1.17. The lowest BCUT2D eigenvalue weighted by Crippen LogP contribution is -2.53. The molecule has 1 rings (SSSR count). The zero-order chi connectivity index (χ0) is 23.3. The maximum Gasteiger partial charge on any atom is 0.471 e. The van der Waals surface area contributed by atoms with Crippen molar-refractivity contribution in [2.75, 3.05) is 6.61 Å². The number of carbonyl (C=O) groups excluding carboxylic acids is 1. The van der Waals surface area contributed by atoms with Gasteiger partial charge in [0.15, 0.2) is 5.79 Å². The lowest BCUT2D eigenvalue weighted by Gasteiger charge is -2.26. The molecule has 0 spiro atoms. The fraction of sp³-hybridized carbons (Fsp3) is 0.957. The predicted octanol–water partition coefficient (Wildman–Crippen LogP) is 5.64. The Morgan fingerprint density at radius 3 is 1.87 bits per heavy atom. The maximum atomic E-state index is 12.6. The van der Waals surface area contributed by atoms with Crippen LogP contribution in [0.2, 0.25) is 0 Å². The Morgan fingerprint density at radius 1 is 0.935 bits per heavy atom. The largest absolute Gasteiger partial charge is 0.471 e. The summed E-state index contributed by atoms with van der Waals surface area (Å²) in [6.45, 7) is 4.94. The second-order valence-electron chi connectivity index (χ2n) is 9.08. The average Bonchev–Trinajstić information content (AvgIpc) is 3.00. The summed E-state index contributed by atoms with van der Waals surface area (Å²) in [5, 5.41) is 11.4. The van der Waals surface area contributed by atoms with Gasteiger partial charge in [-0.15, -0.1) is 0 Å². The van der Waals surface area contributed by atoms with Gasteiger partial charge in [-0.1, -0.05) is 84.0 Å². The standard InChI is InChI=1S/C23H42F3NO4/c1-4-5-6-7-8-9-10-11-12-13-14-15-16-19-20(31-22(2,3)30-19)18(17-28)27-21(29)23(24,25)26/h18-20,28H,4-17H2,1-3H3,(H,27,29)/t18-,19+,20-/m0/s1. The SMILES string of the molecule is CCCCCCCCCCCCCC[C@H]1OC(C)(C)O[C@H]1[C@H](CO)NC(=O)C(F)(F)F. The third kappa shape index (κ3) is 11.5. The molecule has 0 unspecified atom stereocenters. The summed E-state index contributed by atoms with van der Waals surface area (Å²) in [4.78, 5) is 11.3. The first kappa shape index (κ1) is 28.2. The van der Waals surface area contributed by atoms with Crippen molar-refractivity contribution >= 4 is 5.91 Å². The van der Waals surface area contributed by atoms with Crippen molar-refractivity contribution in [3.05, 3.63) is 0 Å². The number of hydrogen-bond donors (Lipinski definition) is 2. The molecule has 8 heteroatoms. The van der Waals surface area contributed by atoms with E-state index in [0.29, 0.717) is 6.42 Å². The molecule has 0 radical (unpaired) electrons. The van der Waals surface area contributed by atoms with Crippen LogP contribution < -0.4 is 5.32 Å². The van der Waals surface area contributed by atoms with Crippen molar-refractivity contribution in [3.63, 3.8) is 0 Å². The van der Waals surface area contributed by atoms with Gasteiger partial charge in [0, 0.05) is 0 Å². The van der Waals surface area contributed by atoms with Crippen LogP contribution in [0.1, 0.15) is 104 Å². The molecule has 1 aliphatic heterocycles. The van der Waals surface area contributed by atoms with Gasteiger partial charge < -0.3 is 19.9 Å². The summed E-state index contributed by atoms with van der Waals surface area (Å²) in [7, 11) is 0. The monoisotopic (exact) mass is 453 g/mol. The number of hydrogen-bond acceptors (Lipinski definition) is 4. The van der Waals surface area contributed by atoms with Crippen LogP contribution in [0.3, 0.4) is 0 Å². The van der Waals surface area contributed by atoms with Crippen LogP contribution in [0.4, 0.5) is 13.2 Å². The zero-order valence-corrected chi connectivity index (χ0v) is 19.4. The molecule has 1 heterocycles. The van der Waals surface area contributed by atoms with Gasteiger partial charge in [0.2, 0.25) is 0 Å².